The van der Waals surface area contributed by atoms with Gasteiger partial charge in [-0.1, -0.05) is 35.9 Å². The fraction of sp³-hybridized carbons (Fsp3) is 0.190. The second-order valence-corrected chi connectivity index (χ2v) is 6.75. The van der Waals surface area contributed by atoms with E-state index in [1.165, 1.54) is 10.5 Å². The summed E-state index contributed by atoms with van der Waals surface area (Å²) in [5, 5.41) is 7.19. The van der Waals surface area contributed by atoms with E-state index >= 15 is 0 Å². The molecule has 7 heteroatoms. The number of aromatic nitrogens is 2. The van der Waals surface area contributed by atoms with Gasteiger partial charge in [-0.3, -0.25) is 14.3 Å². The van der Waals surface area contributed by atoms with Crippen molar-refractivity contribution in [2.24, 2.45) is 7.05 Å². The molecule has 7 nitrogen and oxygen atoms in total. The molecular formula is C21H20N4O3. The number of likely N-dealkylation sites (N-methyl/N-ethyl adjacent to an activating group) is 1. The molecule has 1 aromatic heterocycles. The van der Waals surface area contributed by atoms with Crippen molar-refractivity contribution < 1.29 is 14.3 Å². The van der Waals surface area contributed by atoms with E-state index in [2.05, 4.69) is 10.4 Å². The number of hydrogen-bond acceptors (Lipinski definition) is 4. The lowest BCUT2D eigenvalue weighted by atomic mass is 10.1. The number of nitrogens with one attached hydrogen (secondary N) is 1. The lowest BCUT2D eigenvalue weighted by Crippen LogP contribution is -2.35. The van der Waals surface area contributed by atoms with E-state index in [-0.39, 0.29) is 18.4 Å². The Balaban J connectivity index is 1.61. The lowest BCUT2D eigenvalue weighted by molar-refractivity contribution is -0.120. The SMILES string of the molecule is Cc1ccc(-c2cc(C(=O)Nc3cccc4c3OCC(=O)N4C)nn2C)cc1. The number of para-hydroxylation sites is 1. The second kappa shape index (κ2) is 6.84. The Morgan fingerprint density at radius 2 is 1.89 bits per heavy atom. The Labute approximate surface area is 162 Å². The minimum absolute atomic E-state index is 0.0580. The van der Waals surface area contributed by atoms with E-state index < -0.39 is 0 Å². The van der Waals surface area contributed by atoms with Crippen molar-refractivity contribution in [3.05, 3.63) is 59.8 Å². The Morgan fingerprint density at radius 3 is 2.64 bits per heavy atom. The quantitative estimate of drug-likeness (QED) is 0.762. The molecule has 2 amide bonds. The average molecular weight is 376 g/mol. The molecule has 4 rings (SSSR count). The summed E-state index contributed by atoms with van der Waals surface area (Å²) in [5.74, 6) is 0.00148. The summed E-state index contributed by atoms with van der Waals surface area (Å²) in [6.45, 7) is 1.97. The first-order valence-electron chi connectivity index (χ1n) is 8.89. The minimum Gasteiger partial charge on any atom is -0.479 e. The number of aryl methyl sites for hydroxylation is 2. The van der Waals surface area contributed by atoms with Gasteiger partial charge in [0.25, 0.3) is 11.8 Å². The first-order valence-corrected chi connectivity index (χ1v) is 8.89. The maximum atomic E-state index is 12.8. The summed E-state index contributed by atoms with van der Waals surface area (Å²) < 4.78 is 7.24. The molecule has 0 unspecified atom stereocenters. The van der Waals surface area contributed by atoms with Gasteiger partial charge < -0.3 is 15.0 Å². The van der Waals surface area contributed by atoms with Crippen LogP contribution >= 0.6 is 0 Å². The van der Waals surface area contributed by atoms with E-state index in [1.54, 1.807) is 43.0 Å². The second-order valence-electron chi connectivity index (χ2n) is 6.75. The van der Waals surface area contributed by atoms with Crippen LogP contribution in [0.4, 0.5) is 11.4 Å². The van der Waals surface area contributed by atoms with Crippen molar-refractivity contribution in [3.63, 3.8) is 0 Å². The van der Waals surface area contributed by atoms with Gasteiger partial charge in [0.2, 0.25) is 0 Å². The Morgan fingerprint density at radius 1 is 1.14 bits per heavy atom. The third kappa shape index (κ3) is 3.11. The monoisotopic (exact) mass is 376 g/mol. The zero-order valence-corrected chi connectivity index (χ0v) is 15.9. The maximum absolute atomic E-state index is 12.8. The largest absolute Gasteiger partial charge is 0.479 e. The van der Waals surface area contributed by atoms with Crippen molar-refractivity contribution in [2.75, 3.05) is 23.9 Å². The van der Waals surface area contributed by atoms with Gasteiger partial charge in [-0.2, -0.15) is 5.10 Å². The highest BCUT2D eigenvalue weighted by atomic mass is 16.5. The summed E-state index contributed by atoms with van der Waals surface area (Å²) in [6, 6.07) is 15.1. The van der Waals surface area contributed by atoms with Gasteiger partial charge in [-0.05, 0) is 30.7 Å². The van der Waals surface area contributed by atoms with E-state index in [4.69, 9.17) is 4.74 Å². The predicted molar refractivity (Wildman–Crippen MR) is 107 cm³/mol. The summed E-state index contributed by atoms with van der Waals surface area (Å²) in [4.78, 5) is 26.1. The van der Waals surface area contributed by atoms with Gasteiger partial charge >= 0.3 is 0 Å². The zero-order chi connectivity index (χ0) is 19.8. The van der Waals surface area contributed by atoms with Gasteiger partial charge in [0.1, 0.15) is 0 Å². The number of rotatable bonds is 3. The Kier molecular flexibility index (Phi) is 4.35. The molecule has 0 atom stereocenters. The van der Waals surface area contributed by atoms with Crippen LogP contribution in [0.3, 0.4) is 0 Å². The zero-order valence-electron chi connectivity index (χ0n) is 15.9. The highest BCUT2D eigenvalue weighted by Gasteiger charge is 2.25. The van der Waals surface area contributed by atoms with Crippen LogP contribution in [0.5, 0.6) is 5.75 Å². The summed E-state index contributed by atoms with van der Waals surface area (Å²) in [5.41, 5.74) is 4.43. The van der Waals surface area contributed by atoms with Crippen LogP contribution in [-0.2, 0) is 11.8 Å². The standard InChI is InChI=1S/C21H20N4O3/c1-13-7-9-14(10-8-13)18-11-16(23-25(18)3)21(27)22-15-5-4-6-17-20(15)28-12-19(26)24(17)2/h4-11H,12H2,1-3H3,(H,22,27). The number of amides is 2. The molecule has 0 spiro atoms. The topological polar surface area (TPSA) is 76.5 Å². The number of fused-ring (bicyclic) bond motifs is 1. The average Bonchev–Trinajstić information content (AvgIpc) is 3.07. The maximum Gasteiger partial charge on any atom is 0.276 e. The van der Waals surface area contributed by atoms with Crippen molar-refractivity contribution in [1.29, 1.82) is 0 Å². The van der Waals surface area contributed by atoms with Crippen LogP contribution in [0.15, 0.2) is 48.5 Å². The third-order valence-electron chi connectivity index (χ3n) is 4.78. The van der Waals surface area contributed by atoms with Crippen LogP contribution in [0.2, 0.25) is 0 Å². The smallest absolute Gasteiger partial charge is 0.276 e. The molecule has 142 valence electrons. The molecule has 0 fully saturated rings. The molecule has 1 aliphatic rings. The molecule has 3 aromatic rings. The van der Waals surface area contributed by atoms with Crippen molar-refractivity contribution in [1.82, 2.24) is 9.78 Å². The van der Waals surface area contributed by atoms with Crippen LogP contribution < -0.4 is 15.0 Å². The van der Waals surface area contributed by atoms with Gasteiger partial charge in [0, 0.05) is 14.1 Å². The third-order valence-corrected chi connectivity index (χ3v) is 4.78. The first-order chi connectivity index (χ1) is 13.4. The summed E-state index contributed by atoms with van der Waals surface area (Å²) in [6.07, 6.45) is 0. The highest BCUT2D eigenvalue weighted by molar-refractivity contribution is 6.06. The molecule has 0 saturated heterocycles. The molecule has 1 aliphatic heterocycles. The molecule has 1 N–H and O–H groups in total. The number of nitrogens with zero attached hydrogens (tertiary/aromatic N) is 3. The molecule has 2 aromatic carbocycles. The van der Waals surface area contributed by atoms with Gasteiger partial charge in [-0.25, -0.2) is 0 Å². The lowest BCUT2D eigenvalue weighted by Gasteiger charge is -2.27. The number of benzene rings is 2. The highest BCUT2D eigenvalue weighted by Crippen LogP contribution is 2.38. The number of anilines is 2. The molecule has 0 saturated carbocycles. The predicted octanol–water partition coefficient (Wildman–Crippen LogP) is 3.00. The van der Waals surface area contributed by atoms with Crippen LogP contribution in [0, 0.1) is 6.92 Å². The molecule has 0 bridgehead atoms. The Hall–Kier alpha value is -3.61. The number of carbonyl (C=O) groups is 2. The number of carbonyl (C=O) groups excluding carboxylic acids is 2. The fourth-order valence-corrected chi connectivity index (χ4v) is 3.16. The van der Waals surface area contributed by atoms with Gasteiger partial charge in [0.05, 0.1) is 17.1 Å². The van der Waals surface area contributed by atoms with Gasteiger partial charge in [-0.15, -0.1) is 0 Å². The molecule has 0 radical (unpaired) electrons. The summed E-state index contributed by atoms with van der Waals surface area (Å²) in [7, 11) is 3.49. The van der Waals surface area contributed by atoms with Crippen molar-refractivity contribution in [3.8, 4) is 17.0 Å². The first kappa shape index (κ1) is 17.8. The van der Waals surface area contributed by atoms with Crippen molar-refractivity contribution >= 4 is 23.2 Å². The molecule has 2 heterocycles. The van der Waals surface area contributed by atoms with Crippen LogP contribution in [-0.4, -0.2) is 35.2 Å². The van der Waals surface area contributed by atoms with Crippen molar-refractivity contribution in [2.45, 2.75) is 6.92 Å². The van der Waals surface area contributed by atoms with E-state index in [0.717, 1.165) is 11.3 Å². The van der Waals surface area contributed by atoms with Gasteiger partial charge in [0.15, 0.2) is 18.1 Å². The van der Waals surface area contributed by atoms with Crippen LogP contribution in [0.1, 0.15) is 16.1 Å². The Bertz CT molecular complexity index is 1070. The molecule has 0 aliphatic carbocycles. The van der Waals surface area contributed by atoms with E-state index in [1.807, 2.05) is 31.2 Å². The molecule has 28 heavy (non-hydrogen) atoms. The van der Waals surface area contributed by atoms with E-state index in [0.29, 0.717) is 22.8 Å². The normalized spacial score (nSPS) is 13.1. The van der Waals surface area contributed by atoms with E-state index in [9.17, 15) is 9.59 Å². The fourth-order valence-electron chi connectivity index (χ4n) is 3.16. The summed E-state index contributed by atoms with van der Waals surface area (Å²) >= 11 is 0. The minimum atomic E-state index is -0.342. The number of ether oxygens (including phenoxy) is 1. The molecular weight excluding hydrogens is 356 g/mol. The van der Waals surface area contributed by atoms with Crippen LogP contribution in [0.25, 0.3) is 11.3 Å². The number of hydrogen-bond donors (Lipinski definition) is 1.